The fourth-order valence-corrected chi connectivity index (χ4v) is 0. The fourth-order valence-electron chi connectivity index (χ4n) is 0. The first kappa shape index (κ1) is 15.9. The van der Waals surface area contributed by atoms with Crippen molar-refractivity contribution in [3.8, 4) is 0 Å². The third kappa shape index (κ3) is 22.7. The van der Waals surface area contributed by atoms with Crippen molar-refractivity contribution in [1.29, 1.82) is 0 Å². The van der Waals surface area contributed by atoms with E-state index < -0.39 is 0 Å². The molecule has 0 bridgehead atoms. The second kappa shape index (κ2) is 17.4. The summed E-state index contributed by atoms with van der Waals surface area (Å²) in [6.07, 6.45) is 2.51. The van der Waals surface area contributed by atoms with Crippen LogP contribution in [-0.4, -0.2) is 6.29 Å². The summed E-state index contributed by atoms with van der Waals surface area (Å²) in [5.41, 5.74) is 0. The zero-order valence-corrected chi connectivity index (χ0v) is 9.54. The van der Waals surface area contributed by atoms with E-state index >= 15 is 0 Å². The minimum absolute atomic E-state index is 0. The Hall–Kier alpha value is 0.657. The zero-order chi connectivity index (χ0) is 3.41. The quantitative estimate of drug-likeness (QED) is 0.326. The number of allylic oxidation sites excluding steroid dienone is 1. The van der Waals surface area contributed by atoms with Gasteiger partial charge in [0.1, 0.15) is 0 Å². The van der Waals surface area contributed by atoms with Crippen molar-refractivity contribution in [3.63, 3.8) is 0 Å². The van der Waals surface area contributed by atoms with E-state index in [9.17, 15) is 0 Å². The summed E-state index contributed by atoms with van der Waals surface area (Å²) in [6.45, 7) is 3.06. The van der Waals surface area contributed by atoms with Crippen LogP contribution in [0.5, 0.6) is 0 Å². The van der Waals surface area contributed by atoms with Crippen molar-refractivity contribution in [2.45, 2.75) is 0 Å². The smallest absolute Gasteiger partial charge is 0 e. The van der Waals surface area contributed by atoms with Gasteiger partial charge in [0.2, 0.25) is 0 Å². The van der Waals surface area contributed by atoms with E-state index in [1.165, 1.54) is 6.29 Å². The van der Waals surface area contributed by atoms with E-state index in [0.29, 0.717) is 0 Å². The Labute approximate surface area is 62.7 Å². The number of carbonyl (C=O) groups excluding carboxylic acids is 1. The van der Waals surface area contributed by atoms with Crippen LogP contribution in [0.4, 0.5) is 0 Å². The van der Waals surface area contributed by atoms with Crippen LogP contribution in [0, 0.1) is 0 Å². The minimum atomic E-state index is 0. The molecule has 0 aromatic carbocycles. The van der Waals surface area contributed by atoms with Crippen LogP contribution in [0.2, 0.25) is 0 Å². The molecule has 0 spiro atoms. The molecule has 0 atom stereocenters. The predicted molar refractivity (Wildman–Crippen MR) is 15.9 cm³/mol. The minimum Gasteiger partial charge on any atom is -0.419 e. The molecule has 0 fully saturated rings. The van der Waals surface area contributed by atoms with Gasteiger partial charge in [-0.15, -0.1) is 0 Å². The molecule has 0 aliphatic rings. The van der Waals surface area contributed by atoms with Crippen molar-refractivity contribution in [2.24, 2.45) is 0 Å². The van der Waals surface area contributed by atoms with Crippen LogP contribution in [0.15, 0.2) is 12.7 Å². The number of rotatable bonds is 1. The molecule has 26 valence electrons. The molecule has 0 aliphatic heterocycles. The summed E-state index contributed by atoms with van der Waals surface area (Å²) >= 11 is 0. The molecule has 0 amide bonds. The van der Waals surface area contributed by atoms with Gasteiger partial charge in [0.05, 0.1) is 0 Å². The van der Waals surface area contributed by atoms with Gasteiger partial charge < -0.3 is 4.79 Å². The van der Waals surface area contributed by atoms with Gasteiger partial charge in [-0.2, -0.15) is 0 Å². The van der Waals surface area contributed by atoms with Crippen molar-refractivity contribution in [3.05, 3.63) is 12.7 Å². The first-order valence-corrected chi connectivity index (χ1v) is 0.901. The maximum Gasteiger partial charge on any atom is 0 e. The Morgan fingerprint density at radius 2 is 1.67 bits per heavy atom. The van der Waals surface area contributed by atoms with Crippen molar-refractivity contribution < 1.29 is 43.8 Å². The molecule has 0 saturated carbocycles. The van der Waals surface area contributed by atoms with Crippen LogP contribution in [0.1, 0.15) is 0 Å². The molecular weight excluding hydrogens is 183 g/mol. The molecule has 0 rings (SSSR count). The molecule has 0 aromatic rings. The third-order valence-corrected chi connectivity index (χ3v) is 0.0833. The largest absolute Gasteiger partial charge is 0.419 e. The molecule has 0 N–H and O–H groups in total. The maximum atomic E-state index is 8.93. The third-order valence-electron chi connectivity index (χ3n) is 0.0833. The van der Waals surface area contributed by atoms with E-state index in [4.69, 9.17) is 4.79 Å². The average Bonchev–Trinajstić information content (AvgIpc) is 1.37. The van der Waals surface area contributed by atoms with Crippen molar-refractivity contribution in [2.75, 3.05) is 0 Å². The van der Waals surface area contributed by atoms with Crippen LogP contribution >= 0.6 is 0 Å². The van der Waals surface area contributed by atoms with Crippen molar-refractivity contribution in [1.82, 2.24) is 0 Å². The standard InChI is InChI=1S/C3H3O.2Zn/c1-2-3-4;;/h2H,1H2;;/q-1;;. The second-order valence-corrected chi connectivity index (χ2v) is 0.322. The van der Waals surface area contributed by atoms with Gasteiger partial charge in [-0.05, 0) is 6.29 Å². The first-order chi connectivity index (χ1) is 1.91. The van der Waals surface area contributed by atoms with Gasteiger partial charge in [-0.1, -0.05) is 0 Å². The Kier molecular flexibility index (Phi) is 46.1. The topological polar surface area (TPSA) is 17.1 Å². The van der Waals surface area contributed by atoms with Crippen LogP contribution in [-0.2, 0) is 43.8 Å². The van der Waals surface area contributed by atoms with Crippen LogP contribution in [0.25, 0.3) is 0 Å². The van der Waals surface area contributed by atoms with E-state index in [-0.39, 0.29) is 39.0 Å². The maximum absolute atomic E-state index is 8.93. The molecule has 3 heteroatoms. The second-order valence-electron chi connectivity index (χ2n) is 0.322. The van der Waals surface area contributed by atoms with E-state index in [1.54, 1.807) is 0 Å². The molecule has 0 saturated heterocycles. The first-order valence-electron chi connectivity index (χ1n) is 0.901. The van der Waals surface area contributed by atoms with Crippen molar-refractivity contribution >= 4 is 6.29 Å². The van der Waals surface area contributed by atoms with Gasteiger partial charge in [0, 0.05) is 39.0 Å². The zero-order valence-electron chi connectivity index (χ0n) is 3.61. The van der Waals surface area contributed by atoms with E-state index in [1.807, 2.05) is 0 Å². The average molecular weight is 186 g/mol. The summed E-state index contributed by atoms with van der Waals surface area (Å²) < 4.78 is 0. The predicted octanol–water partition coefficient (Wildman–Crippen LogP) is 0.277. The van der Waals surface area contributed by atoms with E-state index in [2.05, 4.69) is 6.58 Å². The SMILES string of the molecule is C=C[C-]=O.[Zn].[Zn]. The Morgan fingerprint density at radius 3 is 1.67 bits per heavy atom. The summed E-state index contributed by atoms with van der Waals surface area (Å²) in [5.74, 6) is 0. The van der Waals surface area contributed by atoms with Gasteiger partial charge in [0.25, 0.3) is 0 Å². The molecule has 0 aromatic heterocycles. The molecule has 0 radical (unpaired) electrons. The Balaban J connectivity index is -0.0000000450. The Bertz CT molecular complexity index is 29.8. The van der Waals surface area contributed by atoms with Crippen LogP contribution < -0.4 is 0 Å². The van der Waals surface area contributed by atoms with Gasteiger partial charge in [-0.3, -0.25) is 0 Å². The van der Waals surface area contributed by atoms with Crippen LogP contribution in [0.3, 0.4) is 0 Å². The summed E-state index contributed by atoms with van der Waals surface area (Å²) in [7, 11) is 0. The number of hydrogen-bond acceptors (Lipinski definition) is 1. The van der Waals surface area contributed by atoms with Gasteiger partial charge in [0.15, 0.2) is 0 Å². The summed E-state index contributed by atoms with van der Waals surface area (Å²) in [4.78, 5) is 8.93. The normalized spacial score (nSPS) is 3.33. The molecule has 0 aliphatic carbocycles. The van der Waals surface area contributed by atoms with Gasteiger partial charge in [-0.25, -0.2) is 12.7 Å². The number of hydrogen-bond donors (Lipinski definition) is 0. The Morgan fingerprint density at radius 1 is 1.50 bits per heavy atom. The fraction of sp³-hybridized carbons (Fsp3) is 0. The molecule has 6 heavy (non-hydrogen) atoms. The molecule has 0 heterocycles. The van der Waals surface area contributed by atoms with E-state index in [0.717, 1.165) is 6.08 Å². The molecular formula is C3H3OZn2-. The summed E-state index contributed by atoms with van der Waals surface area (Å²) in [5, 5.41) is 0. The van der Waals surface area contributed by atoms with Gasteiger partial charge >= 0.3 is 0 Å². The molecule has 0 unspecified atom stereocenters. The molecule has 1 nitrogen and oxygen atoms in total. The monoisotopic (exact) mass is 183 g/mol. The summed E-state index contributed by atoms with van der Waals surface area (Å²) in [6, 6.07) is 0.